The number of ether oxygens (including phenoxy) is 1. The van der Waals surface area contributed by atoms with Crippen molar-refractivity contribution < 1.29 is 14.3 Å². The number of urea groups is 1. The fourth-order valence-corrected chi connectivity index (χ4v) is 2.27. The third kappa shape index (κ3) is 4.44. The molecule has 0 unspecified atom stereocenters. The van der Waals surface area contributed by atoms with Crippen molar-refractivity contribution in [1.82, 2.24) is 30.1 Å². The zero-order chi connectivity index (χ0) is 17.7. The zero-order valence-electron chi connectivity index (χ0n) is 14.7. The number of nitrogens with one attached hydrogen (secondary N) is 1. The van der Waals surface area contributed by atoms with Crippen LogP contribution in [-0.2, 0) is 4.74 Å². The molecule has 0 aliphatic carbocycles. The highest BCUT2D eigenvalue weighted by molar-refractivity contribution is 5.91. The minimum absolute atomic E-state index is 0.0596. The van der Waals surface area contributed by atoms with Crippen molar-refractivity contribution in [2.45, 2.75) is 19.9 Å². The average molecular weight is 338 g/mol. The average Bonchev–Trinajstić information content (AvgIpc) is 2.97. The van der Waals surface area contributed by atoms with Crippen molar-refractivity contribution >= 4 is 11.9 Å². The van der Waals surface area contributed by atoms with Crippen LogP contribution in [0, 0.1) is 5.92 Å². The highest BCUT2D eigenvalue weighted by atomic mass is 16.5. The second-order valence-corrected chi connectivity index (χ2v) is 6.44. The highest BCUT2D eigenvalue weighted by Gasteiger charge is 2.33. The van der Waals surface area contributed by atoms with Crippen molar-refractivity contribution in [1.29, 1.82) is 0 Å². The molecule has 0 aromatic carbocycles. The fourth-order valence-electron chi connectivity index (χ4n) is 2.27. The molecule has 0 spiro atoms. The molecule has 1 aromatic heterocycles. The second-order valence-electron chi connectivity index (χ2n) is 6.44. The summed E-state index contributed by atoms with van der Waals surface area (Å²) in [6.07, 6.45) is 1.64. The Morgan fingerprint density at radius 1 is 1.46 bits per heavy atom. The summed E-state index contributed by atoms with van der Waals surface area (Å²) in [5, 5.41) is 10.8. The molecule has 0 atom stereocenters. The fraction of sp³-hybridized carbons (Fsp3) is 0.733. The van der Waals surface area contributed by atoms with Gasteiger partial charge >= 0.3 is 6.03 Å². The molecule has 1 aromatic rings. The Balaban J connectivity index is 1.83. The first-order valence-corrected chi connectivity index (χ1v) is 8.11. The smallest absolute Gasteiger partial charge is 0.317 e. The minimum atomic E-state index is -0.191. The van der Waals surface area contributed by atoms with Gasteiger partial charge in [0.1, 0.15) is 0 Å². The maximum atomic E-state index is 12.2. The van der Waals surface area contributed by atoms with E-state index < -0.39 is 0 Å². The number of likely N-dealkylation sites (tertiary alicyclic amines) is 1. The lowest BCUT2D eigenvalue weighted by Crippen LogP contribution is -2.54. The van der Waals surface area contributed by atoms with Crippen LogP contribution in [0.2, 0.25) is 0 Å². The molecule has 1 aliphatic rings. The van der Waals surface area contributed by atoms with E-state index in [0.29, 0.717) is 44.4 Å². The summed E-state index contributed by atoms with van der Waals surface area (Å²) in [5.74, 6) is 0.231. The molecule has 0 bridgehead atoms. The molecule has 2 heterocycles. The first kappa shape index (κ1) is 18.2. The second kappa shape index (κ2) is 8.09. The number of nitrogens with zero attached hydrogens (tertiary/aromatic N) is 5. The van der Waals surface area contributed by atoms with E-state index in [2.05, 4.69) is 29.5 Å². The number of rotatable bonds is 7. The van der Waals surface area contributed by atoms with Crippen LogP contribution in [0.5, 0.6) is 0 Å². The Morgan fingerprint density at radius 3 is 2.79 bits per heavy atom. The first-order valence-electron chi connectivity index (χ1n) is 8.11. The standard InChI is InChI=1S/C15H26N6O3/c1-11(2)7-16-15(23)20-8-12(9-20)21-10-13(17-18-21)14(22)19(3)5-6-24-4/h10-12H,5-9H2,1-4H3,(H,16,23). The van der Waals surface area contributed by atoms with Crippen molar-refractivity contribution in [2.75, 3.05) is 46.9 Å². The van der Waals surface area contributed by atoms with Gasteiger partial charge in [-0.3, -0.25) is 4.79 Å². The van der Waals surface area contributed by atoms with E-state index in [1.54, 1.807) is 34.8 Å². The van der Waals surface area contributed by atoms with Crippen LogP contribution in [0.4, 0.5) is 4.79 Å². The number of carbonyl (C=O) groups excluding carboxylic acids is 2. The lowest BCUT2D eigenvalue weighted by molar-refractivity contribution is 0.0738. The largest absolute Gasteiger partial charge is 0.383 e. The molecule has 0 saturated carbocycles. The van der Waals surface area contributed by atoms with Gasteiger partial charge in [-0.1, -0.05) is 19.1 Å². The molecule has 134 valence electrons. The number of hydrogen-bond donors (Lipinski definition) is 1. The van der Waals surface area contributed by atoms with Gasteiger partial charge in [-0.25, -0.2) is 9.48 Å². The van der Waals surface area contributed by atoms with Crippen molar-refractivity contribution in [3.63, 3.8) is 0 Å². The van der Waals surface area contributed by atoms with E-state index >= 15 is 0 Å². The van der Waals surface area contributed by atoms with Crippen LogP contribution in [-0.4, -0.2) is 83.7 Å². The molecular formula is C15H26N6O3. The number of carbonyl (C=O) groups is 2. The van der Waals surface area contributed by atoms with Crippen molar-refractivity contribution in [2.24, 2.45) is 5.92 Å². The van der Waals surface area contributed by atoms with Crippen LogP contribution in [0.1, 0.15) is 30.4 Å². The van der Waals surface area contributed by atoms with Crippen LogP contribution < -0.4 is 5.32 Å². The predicted molar refractivity (Wildman–Crippen MR) is 87.7 cm³/mol. The summed E-state index contributed by atoms with van der Waals surface area (Å²) in [6, 6.07) is 0.00351. The lowest BCUT2D eigenvalue weighted by atomic mass is 10.1. The maximum Gasteiger partial charge on any atom is 0.317 e. The molecule has 9 nitrogen and oxygen atoms in total. The molecule has 3 amide bonds. The Morgan fingerprint density at radius 2 is 2.17 bits per heavy atom. The van der Waals surface area contributed by atoms with Gasteiger partial charge in [-0.15, -0.1) is 5.10 Å². The van der Waals surface area contributed by atoms with Gasteiger partial charge < -0.3 is 19.9 Å². The highest BCUT2D eigenvalue weighted by Crippen LogP contribution is 2.20. The van der Waals surface area contributed by atoms with Gasteiger partial charge in [0.15, 0.2) is 5.69 Å². The van der Waals surface area contributed by atoms with E-state index in [4.69, 9.17) is 4.74 Å². The van der Waals surface area contributed by atoms with E-state index in [1.165, 1.54) is 0 Å². The Bertz CT molecular complexity index is 567. The monoisotopic (exact) mass is 338 g/mol. The SMILES string of the molecule is COCCN(C)C(=O)c1cn(C2CN(C(=O)NCC(C)C)C2)nn1. The topological polar surface area (TPSA) is 92.6 Å². The summed E-state index contributed by atoms with van der Waals surface area (Å²) in [5.41, 5.74) is 0.302. The molecule has 24 heavy (non-hydrogen) atoms. The molecule has 1 fully saturated rings. The van der Waals surface area contributed by atoms with E-state index in [9.17, 15) is 9.59 Å². The van der Waals surface area contributed by atoms with E-state index in [0.717, 1.165) is 0 Å². The Kier molecular flexibility index (Phi) is 6.13. The quantitative estimate of drug-likeness (QED) is 0.768. The van der Waals surface area contributed by atoms with E-state index in [-0.39, 0.29) is 18.0 Å². The third-order valence-corrected chi connectivity index (χ3v) is 3.89. The lowest BCUT2D eigenvalue weighted by Gasteiger charge is -2.38. The van der Waals surface area contributed by atoms with Gasteiger partial charge in [-0.2, -0.15) is 0 Å². The summed E-state index contributed by atoms with van der Waals surface area (Å²) in [7, 11) is 3.29. The first-order chi connectivity index (χ1) is 11.4. The molecule has 2 rings (SSSR count). The van der Waals surface area contributed by atoms with Crippen LogP contribution in [0.3, 0.4) is 0 Å². The molecule has 1 N–H and O–H groups in total. The van der Waals surface area contributed by atoms with E-state index in [1.807, 2.05) is 0 Å². The Hall–Kier alpha value is -2.16. The van der Waals surface area contributed by atoms with Gasteiger partial charge in [0.05, 0.1) is 18.8 Å². The van der Waals surface area contributed by atoms with Crippen LogP contribution in [0.15, 0.2) is 6.20 Å². The molecule has 9 heteroatoms. The molecule has 1 saturated heterocycles. The predicted octanol–water partition coefficient (Wildman–Crippen LogP) is 0.219. The summed E-state index contributed by atoms with van der Waals surface area (Å²) < 4.78 is 6.62. The normalized spacial score (nSPS) is 14.6. The summed E-state index contributed by atoms with van der Waals surface area (Å²) >= 11 is 0. The maximum absolute atomic E-state index is 12.2. The number of aromatic nitrogens is 3. The Labute approximate surface area is 141 Å². The van der Waals surface area contributed by atoms with Crippen LogP contribution >= 0.6 is 0 Å². The summed E-state index contributed by atoms with van der Waals surface area (Å²) in [4.78, 5) is 27.4. The van der Waals surface area contributed by atoms with Gasteiger partial charge in [0.2, 0.25) is 0 Å². The molecule has 0 radical (unpaired) electrons. The van der Waals surface area contributed by atoms with Crippen LogP contribution in [0.25, 0.3) is 0 Å². The van der Waals surface area contributed by atoms with Gasteiger partial charge in [0.25, 0.3) is 5.91 Å². The zero-order valence-corrected chi connectivity index (χ0v) is 14.7. The number of amides is 3. The number of hydrogen-bond acceptors (Lipinski definition) is 5. The van der Waals surface area contributed by atoms with Crippen molar-refractivity contribution in [3.8, 4) is 0 Å². The molecule has 1 aliphatic heterocycles. The van der Waals surface area contributed by atoms with Crippen molar-refractivity contribution in [3.05, 3.63) is 11.9 Å². The van der Waals surface area contributed by atoms with Gasteiger partial charge in [0, 0.05) is 40.3 Å². The number of likely N-dealkylation sites (N-methyl/N-ethyl adjacent to an activating group) is 1. The number of methoxy groups -OCH3 is 1. The minimum Gasteiger partial charge on any atom is -0.383 e. The summed E-state index contributed by atoms with van der Waals surface area (Å²) in [6.45, 7) is 6.87. The third-order valence-electron chi connectivity index (χ3n) is 3.89. The van der Waals surface area contributed by atoms with Gasteiger partial charge in [-0.05, 0) is 5.92 Å². The molecular weight excluding hydrogens is 312 g/mol.